The van der Waals surface area contributed by atoms with Gasteiger partial charge in [-0.2, -0.15) is 26.8 Å². The molecule has 0 unspecified atom stereocenters. The second kappa shape index (κ2) is 10.3. The van der Waals surface area contributed by atoms with Gasteiger partial charge in [-0.3, -0.25) is 0 Å². The van der Waals surface area contributed by atoms with Gasteiger partial charge >= 0.3 is 20.2 Å². The van der Waals surface area contributed by atoms with Crippen LogP contribution in [0.1, 0.15) is 37.5 Å². The lowest BCUT2D eigenvalue weighted by Gasteiger charge is -2.15. The molecule has 0 atom stereocenters. The van der Waals surface area contributed by atoms with Crippen LogP contribution in [0, 0.1) is 13.8 Å². The zero-order valence-corrected chi connectivity index (χ0v) is 21.9. The molecule has 8 nitrogen and oxygen atoms in total. The second-order valence-corrected chi connectivity index (χ2v) is 12.5. The minimum Gasteiger partial charge on any atom is -0.358 e. The van der Waals surface area contributed by atoms with Crippen LogP contribution in [0.5, 0.6) is 11.8 Å². The van der Waals surface area contributed by atoms with Gasteiger partial charge in [-0.25, -0.2) is 0 Å². The third-order valence-electron chi connectivity index (χ3n) is 4.60. The first-order valence-corrected chi connectivity index (χ1v) is 14.2. The Labute approximate surface area is 205 Å². The number of rotatable bonds is 9. The number of hydrogen-bond donors (Lipinski definition) is 0. The minimum absolute atomic E-state index is 0.0376. The molecule has 0 bridgehead atoms. The predicted molar refractivity (Wildman–Crippen MR) is 130 cm³/mol. The summed E-state index contributed by atoms with van der Waals surface area (Å²) in [6, 6.07) is 12.3. The lowest BCUT2D eigenvalue weighted by molar-refractivity contribution is 0.446. The quantitative estimate of drug-likeness (QED) is 0.224. The Morgan fingerprint density at radius 1 is 0.765 bits per heavy atom. The van der Waals surface area contributed by atoms with E-state index >= 15 is 0 Å². The Morgan fingerprint density at radius 2 is 1.15 bits per heavy atom. The van der Waals surface area contributed by atoms with Crippen LogP contribution in [0.25, 0.3) is 0 Å². The first-order valence-electron chi connectivity index (χ1n) is 10.5. The molecule has 0 spiro atoms. The second-order valence-electron chi connectivity index (χ2n) is 7.82. The molecule has 0 N–H and O–H groups in total. The number of benzene rings is 2. The van der Waals surface area contributed by atoms with Crippen LogP contribution in [0.15, 0.2) is 63.5 Å². The van der Waals surface area contributed by atoms with E-state index in [0.717, 1.165) is 11.1 Å². The topological polar surface area (TPSA) is 113 Å². The van der Waals surface area contributed by atoms with Gasteiger partial charge in [0.1, 0.15) is 9.79 Å². The molecule has 1 aromatic heterocycles. The van der Waals surface area contributed by atoms with Gasteiger partial charge in [0.2, 0.25) is 11.8 Å². The lowest BCUT2D eigenvalue weighted by atomic mass is 10.2. The van der Waals surface area contributed by atoms with Crippen LogP contribution in [0.2, 0.25) is 0 Å². The molecule has 0 aliphatic heterocycles. The average molecular weight is 523 g/mol. The molecule has 3 rings (SSSR count). The van der Waals surface area contributed by atoms with Crippen molar-refractivity contribution < 1.29 is 25.2 Å². The standard InChI is InChI=1S/C23H26N2O6S3/c1-6-20-21(30-33(26,27)18-11-7-16(4)8-12-18)24-23(32-15(2)3)25-22(20)31-34(28,29)19-13-9-17(5)10-14-19/h7-15H,6H2,1-5H3. The fourth-order valence-electron chi connectivity index (χ4n) is 2.84. The molecule has 0 saturated heterocycles. The smallest absolute Gasteiger partial charge is 0.340 e. The summed E-state index contributed by atoms with van der Waals surface area (Å²) in [6.07, 6.45) is 0.171. The molecule has 11 heteroatoms. The number of nitrogens with zero attached hydrogens (tertiary/aromatic N) is 2. The summed E-state index contributed by atoms with van der Waals surface area (Å²) in [5.41, 5.74) is 1.91. The zero-order valence-electron chi connectivity index (χ0n) is 19.5. The molecular weight excluding hydrogens is 496 g/mol. The summed E-state index contributed by atoms with van der Waals surface area (Å²) >= 11 is 1.22. The maximum Gasteiger partial charge on any atom is 0.340 e. The van der Waals surface area contributed by atoms with E-state index in [2.05, 4.69) is 9.97 Å². The largest absolute Gasteiger partial charge is 0.358 e. The van der Waals surface area contributed by atoms with Crippen molar-refractivity contribution in [1.29, 1.82) is 0 Å². The Morgan fingerprint density at radius 3 is 1.47 bits per heavy atom. The summed E-state index contributed by atoms with van der Waals surface area (Å²) < 4.78 is 62.4. The van der Waals surface area contributed by atoms with Crippen molar-refractivity contribution in [1.82, 2.24) is 9.97 Å². The third kappa shape index (κ3) is 6.28. The van der Waals surface area contributed by atoms with Crippen molar-refractivity contribution >= 4 is 32.0 Å². The molecule has 0 radical (unpaired) electrons. The van der Waals surface area contributed by atoms with E-state index in [1.165, 1.54) is 36.0 Å². The third-order valence-corrected chi connectivity index (χ3v) is 7.92. The lowest BCUT2D eigenvalue weighted by Crippen LogP contribution is -2.16. The molecule has 1 heterocycles. The Kier molecular flexibility index (Phi) is 7.89. The molecule has 0 aliphatic rings. The van der Waals surface area contributed by atoms with Crippen molar-refractivity contribution in [2.75, 3.05) is 0 Å². The molecule has 0 amide bonds. The number of aryl methyl sites for hydroxylation is 2. The summed E-state index contributed by atoms with van der Waals surface area (Å²) in [6.45, 7) is 9.17. The summed E-state index contributed by atoms with van der Waals surface area (Å²) in [7, 11) is -8.46. The van der Waals surface area contributed by atoms with Crippen LogP contribution >= 0.6 is 11.8 Å². The number of aromatic nitrogens is 2. The van der Waals surface area contributed by atoms with Gasteiger partial charge in [-0.05, 0) is 44.5 Å². The molecule has 182 valence electrons. The maximum absolute atomic E-state index is 12.9. The normalized spacial score (nSPS) is 12.1. The summed E-state index contributed by atoms with van der Waals surface area (Å²) in [5, 5.41) is 0.172. The first kappa shape index (κ1) is 26.0. The Bertz CT molecular complexity index is 1270. The van der Waals surface area contributed by atoms with Crippen molar-refractivity contribution in [3.8, 4) is 11.8 Å². The number of thioether (sulfide) groups is 1. The molecule has 0 saturated carbocycles. The number of hydrogen-bond acceptors (Lipinski definition) is 9. The molecule has 0 fully saturated rings. The summed E-state index contributed by atoms with van der Waals surface area (Å²) in [5.74, 6) is -0.536. The van der Waals surface area contributed by atoms with Gasteiger partial charge in [0.05, 0.1) is 5.56 Å². The van der Waals surface area contributed by atoms with Gasteiger partial charge in [-0.1, -0.05) is 67.9 Å². The predicted octanol–water partition coefficient (Wildman–Crippen LogP) is 4.69. The van der Waals surface area contributed by atoms with Gasteiger partial charge in [0.25, 0.3) is 0 Å². The Balaban J connectivity index is 2.08. The van der Waals surface area contributed by atoms with Gasteiger partial charge in [-0.15, -0.1) is 0 Å². The van der Waals surface area contributed by atoms with Crippen LogP contribution in [0.4, 0.5) is 0 Å². The van der Waals surface area contributed by atoms with Crippen LogP contribution < -0.4 is 8.37 Å². The first-order chi connectivity index (χ1) is 15.9. The van der Waals surface area contributed by atoms with E-state index in [9.17, 15) is 16.8 Å². The SMILES string of the molecule is CCc1c(OS(=O)(=O)c2ccc(C)cc2)nc(SC(C)C)nc1OS(=O)(=O)c1ccc(C)cc1. The molecular formula is C23H26N2O6S3. The van der Waals surface area contributed by atoms with Gasteiger partial charge in [0.15, 0.2) is 5.16 Å². The fraction of sp³-hybridized carbons (Fsp3) is 0.304. The highest BCUT2D eigenvalue weighted by Crippen LogP contribution is 2.33. The highest BCUT2D eigenvalue weighted by Gasteiger charge is 2.27. The van der Waals surface area contributed by atoms with Crippen molar-refractivity contribution in [2.45, 2.75) is 61.2 Å². The zero-order chi connectivity index (χ0) is 25.1. The average Bonchev–Trinajstić information content (AvgIpc) is 2.73. The van der Waals surface area contributed by atoms with Crippen LogP contribution in [-0.2, 0) is 26.7 Å². The molecule has 34 heavy (non-hydrogen) atoms. The highest BCUT2D eigenvalue weighted by molar-refractivity contribution is 7.99. The molecule has 3 aromatic rings. The monoisotopic (exact) mass is 522 g/mol. The van der Waals surface area contributed by atoms with E-state index in [-0.39, 0.29) is 43.9 Å². The maximum atomic E-state index is 12.9. The van der Waals surface area contributed by atoms with E-state index in [1.54, 1.807) is 31.2 Å². The van der Waals surface area contributed by atoms with Crippen molar-refractivity contribution in [3.63, 3.8) is 0 Å². The van der Waals surface area contributed by atoms with Crippen LogP contribution in [0.3, 0.4) is 0 Å². The van der Waals surface area contributed by atoms with E-state index in [1.807, 2.05) is 27.7 Å². The fourth-order valence-corrected chi connectivity index (χ4v) is 5.36. The minimum atomic E-state index is -4.23. The van der Waals surface area contributed by atoms with E-state index < -0.39 is 20.2 Å². The van der Waals surface area contributed by atoms with Crippen molar-refractivity contribution in [3.05, 3.63) is 65.2 Å². The molecule has 2 aromatic carbocycles. The van der Waals surface area contributed by atoms with Crippen LogP contribution in [-0.4, -0.2) is 32.1 Å². The van der Waals surface area contributed by atoms with E-state index in [4.69, 9.17) is 8.37 Å². The Hall–Kier alpha value is -2.63. The van der Waals surface area contributed by atoms with Gasteiger partial charge < -0.3 is 8.37 Å². The highest BCUT2D eigenvalue weighted by atomic mass is 32.2. The summed E-state index contributed by atoms with van der Waals surface area (Å²) in [4.78, 5) is 8.43. The van der Waals surface area contributed by atoms with E-state index in [0.29, 0.717) is 0 Å². The molecule has 0 aliphatic carbocycles. The van der Waals surface area contributed by atoms with Crippen molar-refractivity contribution in [2.24, 2.45) is 0 Å². The van der Waals surface area contributed by atoms with Gasteiger partial charge in [0, 0.05) is 5.25 Å².